The summed E-state index contributed by atoms with van der Waals surface area (Å²) in [4.78, 5) is 22.6. The fraction of sp³-hybridized carbons (Fsp3) is 0.273. The van der Waals surface area contributed by atoms with E-state index in [2.05, 4.69) is 0 Å². The van der Waals surface area contributed by atoms with Crippen LogP contribution in [-0.4, -0.2) is 23.5 Å². The molecule has 2 amide bonds. The molecule has 0 aromatic heterocycles. The number of carbonyl (C=O) groups is 2. The molecule has 96 valence electrons. The predicted octanol–water partition coefficient (Wildman–Crippen LogP) is 1.97. The Bertz CT molecular complexity index is 499. The lowest BCUT2D eigenvalue weighted by molar-refractivity contribution is -0.165. The third-order valence-electron chi connectivity index (χ3n) is 2.25. The van der Waals surface area contributed by atoms with Gasteiger partial charge in [0.2, 0.25) is 0 Å². The molecule has 1 aliphatic heterocycles. The second-order valence-electron chi connectivity index (χ2n) is 3.84. The zero-order valence-corrected chi connectivity index (χ0v) is 10.6. The Labute approximate surface area is 104 Å². The highest BCUT2D eigenvalue weighted by atomic mass is 31.2. The average Bonchev–Trinajstić information content (AvgIpc) is 2.61. The van der Waals surface area contributed by atoms with Crippen molar-refractivity contribution >= 4 is 19.4 Å². The fourth-order valence-corrected chi connectivity index (χ4v) is 2.50. The van der Waals surface area contributed by atoms with Gasteiger partial charge in [0.05, 0.1) is 6.66 Å². The number of rotatable bonds is 4. The first-order valence-corrected chi connectivity index (χ1v) is 7.34. The first kappa shape index (κ1) is 12.8. The number of nitrogens with zero attached hydrogens (tertiary/aromatic N) is 1. The van der Waals surface area contributed by atoms with E-state index >= 15 is 0 Å². The van der Waals surface area contributed by atoms with Gasteiger partial charge in [0, 0.05) is 12.8 Å². The van der Waals surface area contributed by atoms with Gasteiger partial charge in [-0.1, -0.05) is 18.2 Å². The van der Waals surface area contributed by atoms with Crippen molar-refractivity contribution in [1.82, 2.24) is 5.06 Å². The number of carbonyl (C=O) groups excluding carboxylic acids is 2. The van der Waals surface area contributed by atoms with Crippen LogP contribution in [0.15, 0.2) is 30.3 Å². The Kier molecular flexibility index (Phi) is 3.50. The van der Waals surface area contributed by atoms with Crippen molar-refractivity contribution in [2.45, 2.75) is 12.8 Å². The van der Waals surface area contributed by atoms with Crippen LogP contribution < -0.4 is 4.52 Å². The lowest BCUT2D eigenvalue weighted by Gasteiger charge is -2.19. The third-order valence-corrected chi connectivity index (χ3v) is 3.25. The largest absolute Gasteiger partial charge is 0.423 e. The van der Waals surface area contributed by atoms with E-state index in [-0.39, 0.29) is 12.8 Å². The van der Waals surface area contributed by atoms with Crippen molar-refractivity contribution in [3.8, 4) is 5.75 Å². The molecule has 0 aliphatic carbocycles. The number of imide groups is 1. The Balaban J connectivity index is 2.06. The highest BCUT2D eigenvalue weighted by molar-refractivity contribution is 7.53. The van der Waals surface area contributed by atoms with E-state index in [1.807, 2.05) is 0 Å². The van der Waals surface area contributed by atoms with Crippen LogP contribution >= 0.6 is 7.60 Å². The van der Waals surface area contributed by atoms with Crippen LogP contribution in [-0.2, 0) is 18.8 Å². The molecule has 0 radical (unpaired) electrons. The highest BCUT2D eigenvalue weighted by Gasteiger charge is 2.36. The van der Waals surface area contributed by atoms with Gasteiger partial charge >= 0.3 is 7.60 Å². The molecule has 7 heteroatoms. The van der Waals surface area contributed by atoms with Crippen LogP contribution in [0.5, 0.6) is 5.75 Å². The molecule has 0 unspecified atom stereocenters. The molecule has 1 heterocycles. The lowest BCUT2D eigenvalue weighted by atomic mass is 10.3. The fourth-order valence-electron chi connectivity index (χ4n) is 1.48. The molecule has 1 aromatic rings. The van der Waals surface area contributed by atoms with E-state index < -0.39 is 19.4 Å². The molecule has 1 fully saturated rings. The zero-order chi connectivity index (χ0) is 13.2. The van der Waals surface area contributed by atoms with Crippen molar-refractivity contribution in [2.75, 3.05) is 6.66 Å². The Morgan fingerprint density at radius 1 is 1.11 bits per heavy atom. The van der Waals surface area contributed by atoms with E-state index in [0.29, 0.717) is 10.8 Å². The van der Waals surface area contributed by atoms with Gasteiger partial charge in [-0.25, -0.2) is 4.57 Å². The second kappa shape index (κ2) is 4.92. The van der Waals surface area contributed by atoms with E-state index in [0.717, 1.165) is 0 Å². The molecular weight excluding hydrogens is 257 g/mol. The van der Waals surface area contributed by atoms with Crippen molar-refractivity contribution in [2.24, 2.45) is 0 Å². The maximum absolute atomic E-state index is 12.0. The number of para-hydroxylation sites is 1. The van der Waals surface area contributed by atoms with Gasteiger partial charge in [0.1, 0.15) is 5.75 Å². The summed E-state index contributed by atoms with van der Waals surface area (Å²) in [5.41, 5.74) is 0. The maximum Gasteiger partial charge on any atom is 0.397 e. The molecule has 0 N–H and O–H groups in total. The van der Waals surface area contributed by atoms with Crippen molar-refractivity contribution in [3.05, 3.63) is 30.3 Å². The minimum Gasteiger partial charge on any atom is -0.423 e. The van der Waals surface area contributed by atoms with Crippen LogP contribution in [0.3, 0.4) is 0 Å². The lowest BCUT2D eigenvalue weighted by Crippen LogP contribution is -2.28. The van der Waals surface area contributed by atoms with Crippen LogP contribution in [0.4, 0.5) is 0 Å². The smallest absolute Gasteiger partial charge is 0.397 e. The van der Waals surface area contributed by atoms with Gasteiger partial charge < -0.3 is 4.52 Å². The minimum atomic E-state index is -3.55. The normalized spacial score (nSPS) is 18.8. The second-order valence-corrected chi connectivity index (χ2v) is 5.73. The van der Waals surface area contributed by atoms with Crippen LogP contribution in [0.2, 0.25) is 0 Å². The molecule has 1 saturated heterocycles. The summed E-state index contributed by atoms with van der Waals surface area (Å²) in [6, 6.07) is 8.41. The summed E-state index contributed by atoms with van der Waals surface area (Å²) in [6.07, 6.45) is 0.147. The number of amides is 2. The van der Waals surface area contributed by atoms with Gasteiger partial charge in [-0.3, -0.25) is 9.59 Å². The molecule has 2 rings (SSSR count). The first-order chi connectivity index (χ1) is 8.48. The average molecular weight is 269 g/mol. The van der Waals surface area contributed by atoms with Crippen molar-refractivity contribution in [1.29, 1.82) is 0 Å². The van der Waals surface area contributed by atoms with E-state index in [1.165, 1.54) is 6.66 Å². The quantitative estimate of drug-likeness (QED) is 0.617. The summed E-state index contributed by atoms with van der Waals surface area (Å²) < 4.78 is 22.1. The van der Waals surface area contributed by atoms with Gasteiger partial charge in [-0.2, -0.15) is 4.62 Å². The topological polar surface area (TPSA) is 72.9 Å². The molecule has 6 nitrogen and oxygen atoms in total. The van der Waals surface area contributed by atoms with Gasteiger partial charge in [0.25, 0.3) is 11.8 Å². The molecule has 0 saturated carbocycles. The first-order valence-electron chi connectivity index (χ1n) is 5.35. The van der Waals surface area contributed by atoms with Crippen LogP contribution in [0.1, 0.15) is 12.8 Å². The summed E-state index contributed by atoms with van der Waals surface area (Å²) >= 11 is 0. The number of hydrogen-bond acceptors (Lipinski definition) is 5. The summed E-state index contributed by atoms with van der Waals surface area (Å²) in [5, 5.41) is 0.531. The highest BCUT2D eigenvalue weighted by Crippen LogP contribution is 2.46. The van der Waals surface area contributed by atoms with E-state index in [1.54, 1.807) is 30.3 Å². The number of hydrogen-bond donors (Lipinski definition) is 0. The third kappa shape index (κ3) is 2.97. The summed E-state index contributed by atoms with van der Waals surface area (Å²) in [7, 11) is -3.55. The molecule has 1 aromatic carbocycles. The number of hydroxylamine groups is 2. The standard InChI is InChI=1S/C11H12NO5P/c1-18(15,16-9-5-3-2-4-6-9)17-12-10(13)7-8-11(12)14/h2-6H,7-8H2,1H3/t18-/m0/s1. The molecule has 18 heavy (non-hydrogen) atoms. The molecule has 0 bridgehead atoms. The minimum absolute atomic E-state index is 0.0736. The Morgan fingerprint density at radius 3 is 2.22 bits per heavy atom. The maximum atomic E-state index is 12.0. The Hall–Kier alpha value is -1.65. The molecule has 0 spiro atoms. The van der Waals surface area contributed by atoms with Crippen molar-refractivity contribution < 1.29 is 23.3 Å². The SMILES string of the molecule is C[P@](=O)(Oc1ccccc1)ON1C(=O)CCC1=O. The predicted molar refractivity (Wildman–Crippen MR) is 62.8 cm³/mol. The zero-order valence-electron chi connectivity index (χ0n) is 9.74. The van der Waals surface area contributed by atoms with Gasteiger partial charge in [-0.05, 0) is 12.1 Å². The number of benzene rings is 1. The summed E-state index contributed by atoms with van der Waals surface area (Å²) in [6.45, 7) is 1.21. The van der Waals surface area contributed by atoms with Crippen LogP contribution in [0.25, 0.3) is 0 Å². The van der Waals surface area contributed by atoms with E-state index in [9.17, 15) is 14.2 Å². The summed E-state index contributed by atoms with van der Waals surface area (Å²) in [5.74, 6) is -0.653. The van der Waals surface area contributed by atoms with Crippen molar-refractivity contribution in [3.63, 3.8) is 0 Å². The molecular formula is C11H12NO5P. The van der Waals surface area contributed by atoms with Crippen LogP contribution in [0, 0.1) is 0 Å². The molecule has 1 aliphatic rings. The van der Waals surface area contributed by atoms with E-state index in [4.69, 9.17) is 9.15 Å². The van der Waals surface area contributed by atoms with Gasteiger partial charge in [0.15, 0.2) is 0 Å². The van der Waals surface area contributed by atoms with Gasteiger partial charge in [-0.15, -0.1) is 5.06 Å². The molecule has 1 atom stereocenters. The Morgan fingerprint density at radius 2 is 1.67 bits per heavy atom. The monoisotopic (exact) mass is 269 g/mol.